The predicted octanol–water partition coefficient (Wildman–Crippen LogP) is 5.42. The maximum absolute atomic E-state index is 12.6. The Bertz CT molecular complexity index is 1420. The van der Waals surface area contributed by atoms with E-state index in [2.05, 4.69) is 41.0 Å². The highest BCUT2D eigenvalue weighted by atomic mass is 16.5. The smallest absolute Gasteiger partial charge is 0.337 e. The van der Waals surface area contributed by atoms with Gasteiger partial charge in [0.1, 0.15) is 5.82 Å². The Labute approximate surface area is 210 Å². The number of rotatable bonds is 6. The quantitative estimate of drug-likeness (QED) is 0.347. The summed E-state index contributed by atoms with van der Waals surface area (Å²) in [5, 5.41) is 0. The monoisotopic (exact) mass is 479 g/mol. The number of aromatic nitrogens is 2. The summed E-state index contributed by atoms with van der Waals surface area (Å²) in [6, 6.07) is 24.3. The van der Waals surface area contributed by atoms with Gasteiger partial charge in [-0.3, -0.25) is 4.79 Å². The van der Waals surface area contributed by atoms with Crippen molar-refractivity contribution < 1.29 is 14.3 Å². The third-order valence-corrected chi connectivity index (χ3v) is 7.38. The number of carbonyl (C=O) groups is 2. The molecule has 1 atom stereocenters. The Morgan fingerprint density at radius 1 is 0.917 bits per heavy atom. The zero-order chi connectivity index (χ0) is 24.6. The van der Waals surface area contributed by atoms with Crippen molar-refractivity contribution in [2.75, 3.05) is 20.2 Å². The van der Waals surface area contributed by atoms with Gasteiger partial charge in [0.05, 0.1) is 23.7 Å². The molecule has 6 nitrogen and oxygen atoms in total. The molecule has 0 spiro atoms. The van der Waals surface area contributed by atoms with Gasteiger partial charge in [-0.1, -0.05) is 54.6 Å². The third-order valence-electron chi connectivity index (χ3n) is 7.38. The van der Waals surface area contributed by atoms with Gasteiger partial charge in [-0.15, -0.1) is 0 Å². The topological polar surface area (TPSA) is 64.4 Å². The molecule has 0 radical (unpaired) electrons. The summed E-state index contributed by atoms with van der Waals surface area (Å²) in [5.41, 5.74) is 5.61. The van der Waals surface area contributed by atoms with Crippen molar-refractivity contribution in [1.29, 1.82) is 0 Å². The van der Waals surface area contributed by atoms with E-state index in [0.29, 0.717) is 17.4 Å². The molecule has 1 aromatic heterocycles. The molecule has 0 N–H and O–H groups in total. The fourth-order valence-corrected chi connectivity index (χ4v) is 5.24. The van der Waals surface area contributed by atoms with Crippen LogP contribution in [0.4, 0.5) is 0 Å². The molecule has 2 fully saturated rings. The average Bonchev–Trinajstić information content (AvgIpc) is 3.58. The van der Waals surface area contributed by atoms with E-state index in [0.717, 1.165) is 66.9 Å². The Balaban J connectivity index is 1.36. The number of fused-ring (bicyclic) bond motifs is 1. The van der Waals surface area contributed by atoms with E-state index in [1.54, 1.807) is 6.07 Å². The Morgan fingerprint density at radius 2 is 1.64 bits per heavy atom. The lowest BCUT2D eigenvalue weighted by molar-refractivity contribution is -0.131. The average molecular weight is 480 g/mol. The van der Waals surface area contributed by atoms with Gasteiger partial charge < -0.3 is 14.2 Å². The maximum Gasteiger partial charge on any atom is 0.337 e. The lowest BCUT2D eigenvalue weighted by Gasteiger charge is -2.18. The molecule has 6 rings (SSSR count). The lowest BCUT2D eigenvalue weighted by atomic mass is 10.0. The molecule has 1 aliphatic heterocycles. The predicted molar refractivity (Wildman–Crippen MR) is 139 cm³/mol. The van der Waals surface area contributed by atoms with Crippen LogP contribution in [-0.2, 0) is 16.1 Å². The second-order valence-electron chi connectivity index (χ2n) is 9.90. The minimum atomic E-state index is -0.361. The van der Waals surface area contributed by atoms with Crippen molar-refractivity contribution in [3.63, 3.8) is 0 Å². The highest BCUT2D eigenvalue weighted by molar-refractivity contribution is 5.94. The van der Waals surface area contributed by atoms with Crippen LogP contribution in [0.5, 0.6) is 0 Å². The zero-order valence-corrected chi connectivity index (χ0v) is 20.4. The van der Waals surface area contributed by atoms with E-state index in [-0.39, 0.29) is 11.9 Å². The van der Waals surface area contributed by atoms with Gasteiger partial charge in [0.25, 0.3) is 0 Å². The minimum absolute atomic E-state index is 0.249. The van der Waals surface area contributed by atoms with Crippen LogP contribution in [0, 0.1) is 11.8 Å². The summed E-state index contributed by atoms with van der Waals surface area (Å²) in [6.07, 6.45) is 3.04. The van der Waals surface area contributed by atoms with Gasteiger partial charge in [0.15, 0.2) is 0 Å². The SMILES string of the molecule is COC(=O)c1ccc2nc(-c3ccc(-c4ccccc4)cc3)n(C[C@H]3CCN(C(=O)C4CC4)C3)c2c1. The minimum Gasteiger partial charge on any atom is -0.465 e. The number of nitrogens with zero attached hydrogens (tertiary/aromatic N) is 3. The fraction of sp³-hybridized carbons (Fsp3) is 0.300. The van der Waals surface area contributed by atoms with Crippen molar-refractivity contribution in [1.82, 2.24) is 14.5 Å². The van der Waals surface area contributed by atoms with Crippen LogP contribution in [0.3, 0.4) is 0 Å². The number of esters is 1. The number of amides is 1. The molecule has 1 amide bonds. The summed E-state index contributed by atoms with van der Waals surface area (Å²) in [5.74, 6) is 1.42. The molecule has 4 aromatic rings. The number of hydrogen-bond acceptors (Lipinski definition) is 4. The maximum atomic E-state index is 12.6. The van der Waals surface area contributed by atoms with E-state index < -0.39 is 0 Å². The first kappa shape index (κ1) is 22.5. The Hall–Kier alpha value is -3.93. The van der Waals surface area contributed by atoms with E-state index in [4.69, 9.17) is 9.72 Å². The summed E-state index contributed by atoms with van der Waals surface area (Å²) >= 11 is 0. The number of imidazole rings is 1. The largest absolute Gasteiger partial charge is 0.465 e. The molecule has 3 aromatic carbocycles. The number of ether oxygens (including phenoxy) is 1. The molecule has 36 heavy (non-hydrogen) atoms. The molecule has 1 saturated heterocycles. The van der Waals surface area contributed by atoms with Gasteiger partial charge in [-0.2, -0.15) is 0 Å². The molecule has 1 saturated carbocycles. The van der Waals surface area contributed by atoms with E-state index in [9.17, 15) is 9.59 Å². The lowest BCUT2D eigenvalue weighted by Crippen LogP contribution is -2.30. The molecular weight excluding hydrogens is 450 g/mol. The normalized spacial score (nSPS) is 17.5. The van der Waals surface area contributed by atoms with E-state index in [1.165, 1.54) is 12.7 Å². The van der Waals surface area contributed by atoms with Gasteiger partial charge in [0, 0.05) is 31.1 Å². The number of hydrogen-bond donors (Lipinski definition) is 0. The second-order valence-corrected chi connectivity index (χ2v) is 9.90. The highest BCUT2D eigenvalue weighted by Crippen LogP contribution is 2.34. The molecule has 182 valence electrons. The highest BCUT2D eigenvalue weighted by Gasteiger charge is 2.36. The van der Waals surface area contributed by atoms with E-state index >= 15 is 0 Å². The van der Waals surface area contributed by atoms with Crippen molar-refractivity contribution >= 4 is 22.9 Å². The van der Waals surface area contributed by atoms with Crippen molar-refractivity contribution in [2.45, 2.75) is 25.8 Å². The Kier molecular flexibility index (Phi) is 5.80. The summed E-state index contributed by atoms with van der Waals surface area (Å²) in [7, 11) is 1.40. The van der Waals surface area contributed by atoms with Crippen LogP contribution >= 0.6 is 0 Å². The molecule has 0 bridgehead atoms. The molecule has 6 heteroatoms. The first-order chi connectivity index (χ1) is 17.6. The first-order valence-corrected chi connectivity index (χ1v) is 12.6. The standard InChI is InChI=1S/C30H29N3O3/c1-36-30(35)25-13-14-26-27(17-25)33(19-20-15-16-32(18-20)29(34)24-11-12-24)28(31-26)23-9-7-22(8-10-23)21-5-3-2-4-6-21/h2-10,13-14,17,20,24H,11-12,15-16,18-19H2,1H3/t20-/m0/s1. The van der Waals surface area contributed by atoms with Gasteiger partial charge in [-0.05, 0) is 54.5 Å². The molecular formula is C30H29N3O3. The van der Waals surface area contributed by atoms with Crippen LogP contribution in [0.2, 0.25) is 0 Å². The van der Waals surface area contributed by atoms with Crippen LogP contribution in [0.15, 0.2) is 72.8 Å². The van der Waals surface area contributed by atoms with Crippen LogP contribution < -0.4 is 0 Å². The van der Waals surface area contributed by atoms with Crippen molar-refractivity contribution in [3.8, 4) is 22.5 Å². The van der Waals surface area contributed by atoms with Crippen molar-refractivity contribution in [2.24, 2.45) is 11.8 Å². The first-order valence-electron chi connectivity index (χ1n) is 12.6. The molecule has 0 unspecified atom stereocenters. The Morgan fingerprint density at radius 3 is 2.36 bits per heavy atom. The molecule has 2 aliphatic rings. The number of methoxy groups -OCH3 is 1. The van der Waals surface area contributed by atoms with Gasteiger partial charge in [0.2, 0.25) is 5.91 Å². The summed E-state index contributed by atoms with van der Waals surface area (Å²) in [6.45, 7) is 2.34. The third kappa shape index (κ3) is 4.28. The van der Waals surface area contributed by atoms with E-state index in [1.807, 2.05) is 35.2 Å². The molecule has 2 heterocycles. The van der Waals surface area contributed by atoms with Crippen molar-refractivity contribution in [3.05, 3.63) is 78.4 Å². The second kappa shape index (κ2) is 9.26. The molecule has 1 aliphatic carbocycles. The number of carbonyl (C=O) groups excluding carboxylic acids is 2. The number of benzene rings is 3. The summed E-state index contributed by atoms with van der Waals surface area (Å²) < 4.78 is 7.18. The van der Waals surface area contributed by atoms with Crippen LogP contribution in [0.25, 0.3) is 33.5 Å². The van der Waals surface area contributed by atoms with Crippen LogP contribution in [0.1, 0.15) is 29.6 Å². The number of likely N-dealkylation sites (tertiary alicyclic amines) is 1. The van der Waals surface area contributed by atoms with Gasteiger partial charge in [-0.25, -0.2) is 9.78 Å². The summed E-state index contributed by atoms with van der Waals surface area (Å²) in [4.78, 5) is 31.9. The van der Waals surface area contributed by atoms with Crippen LogP contribution in [-0.4, -0.2) is 46.5 Å². The zero-order valence-electron chi connectivity index (χ0n) is 20.4. The van der Waals surface area contributed by atoms with Gasteiger partial charge >= 0.3 is 5.97 Å². The fourth-order valence-electron chi connectivity index (χ4n) is 5.24.